The molecule has 3 aliphatic heterocycles. The van der Waals surface area contributed by atoms with E-state index >= 15 is 0 Å². The second kappa shape index (κ2) is 11.9. The summed E-state index contributed by atoms with van der Waals surface area (Å²) in [5.74, 6) is -0.114. The van der Waals surface area contributed by atoms with E-state index in [4.69, 9.17) is 0 Å². The van der Waals surface area contributed by atoms with Crippen molar-refractivity contribution in [2.75, 3.05) is 38.0 Å². The molecule has 4 heterocycles. The van der Waals surface area contributed by atoms with Crippen LogP contribution in [0.1, 0.15) is 51.2 Å². The summed E-state index contributed by atoms with van der Waals surface area (Å²) in [6.45, 7) is 3.71. The predicted molar refractivity (Wildman–Crippen MR) is 152 cm³/mol. The third kappa shape index (κ3) is 6.08. The van der Waals surface area contributed by atoms with Crippen LogP contribution in [-0.2, 0) is 13.0 Å². The monoisotopic (exact) mass is 558 g/mol. The summed E-state index contributed by atoms with van der Waals surface area (Å²) in [4.78, 5) is 40.4. The molecule has 41 heavy (non-hydrogen) atoms. The fourth-order valence-electron chi connectivity index (χ4n) is 6.26. The SMILES string of the molecule is O=C(c1ccc(F)cc1)N1CCC(Nc2cc(C(=O)N3CC[C@@H](N4CCc5ccccc5C4)[C@H](O)C3)ncn2)CC1. The summed E-state index contributed by atoms with van der Waals surface area (Å²) >= 11 is 0. The Bertz CT molecular complexity index is 1390. The van der Waals surface area contributed by atoms with Crippen LogP contribution in [0.3, 0.4) is 0 Å². The minimum Gasteiger partial charge on any atom is -0.390 e. The van der Waals surface area contributed by atoms with Crippen molar-refractivity contribution in [3.05, 3.63) is 89.1 Å². The van der Waals surface area contributed by atoms with Crippen LogP contribution in [-0.4, -0.2) is 92.5 Å². The zero-order chi connectivity index (χ0) is 28.3. The highest BCUT2D eigenvalue weighted by Gasteiger charge is 2.36. The summed E-state index contributed by atoms with van der Waals surface area (Å²) < 4.78 is 13.2. The van der Waals surface area contributed by atoms with Crippen molar-refractivity contribution < 1.29 is 19.1 Å². The molecule has 6 rings (SSSR count). The average molecular weight is 559 g/mol. The molecule has 2 atom stereocenters. The maximum Gasteiger partial charge on any atom is 0.272 e. The first-order chi connectivity index (χ1) is 19.9. The number of halogens is 1. The van der Waals surface area contributed by atoms with Gasteiger partial charge in [0.1, 0.15) is 23.7 Å². The van der Waals surface area contributed by atoms with Gasteiger partial charge < -0.3 is 20.2 Å². The number of fused-ring (bicyclic) bond motifs is 1. The van der Waals surface area contributed by atoms with E-state index in [1.165, 1.54) is 41.7 Å². The van der Waals surface area contributed by atoms with E-state index in [9.17, 15) is 19.1 Å². The maximum atomic E-state index is 13.3. The smallest absolute Gasteiger partial charge is 0.272 e. The second-order valence-corrected chi connectivity index (χ2v) is 11.2. The van der Waals surface area contributed by atoms with E-state index in [1.807, 2.05) is 0 Å². The first-order valence-corrected chi connectivity index (χ1v) is 14.4. The van der Waals surface area contributed by atoms with Crippen LogP contribution in [0.25, 0.3) is 0 Å². The summed E-state index contributed by atoms with van der Waals surface area (Å²) in [6, 6.07) is 15.9. The molecule has 2 aromatic carbocycles. The Hall–Kier alpha value is -3.89. The Morgan fingerprint density at radius 2 is 1.61 bits per heavy atom. The molecule has 0 spiro atoms. The predicted octanol–water partition coefficient (Wildman–Crippen LogP) is 2.97. The molecule has 2 N–H and O–H groups in total. The minimum atomic E-state index is -0.625. The molecule has 0 bridgehead atoms. The number of amides is 2. The quantitative estimate of drug-likeness (QED) is 0.497. The third-order valence-corrected chi connectivity index (χ3v) is 8.57. The fraction of sp³-hybridized carbons (Fsp3) is 0.419. The van der Waals surface area contributed by atoms with Crippen LogP contribution in [0.5, 0.6) is 0 Å². The van der Waals surface area contributed by atoms with Gasteiger partial charge in [0.2, 0.25) is 0 Å². The Kier molecular flexibility index (Phi) is 7.93. The molecule has 1 aromatic heterocycles. The van der Waals surface area contributed by atoms with E-state index in [0.29, 0.717) is 43.1 Å². The Morgan fingerprint density at radius 3 is 2.37 bits per heavy atom. The number of hydrogen-bond acceptors (Lipinski definition) is 7. The van der Waals surface area contributed by atoms with Gasteiger partial charge in [0.05, 0.1) is 6.10 Å². The number of nitrogens with one attached hydrogen (secondary N) is 1. The number of aliphatic hydroxyl groups excluding tert-OH is 1. The summed E-state index contributed by atoms with van der Waals surface area (Å²) in [5.41, 5.74) is 3.47. The lowest BCUT2D eigenvalue weighted by Crippen LogP contribution is -2.56. The molecule has 214 valence electrons. The van der Waals surface area contributed by atoms with E-state index in [-0.39, 0.29) is 36.3 Å². The van der Waals surface area contributed by atoms with Crippen LogP contribution in [0, 0.1) is 5.82 Å². The normalized spacial score (nSPS) is 21.8. The Balaban J connectivity index is 1.01. The highest BCUT2D eigenvalue weighted by atomic mass is 19.1. The summed E-state index contributed by atoms with van der Waals surface area (Å²) in [6.07, 6.45) is 3.89. The average Bonchev–Trinajstić information content (AvgIpc) is 3.01. The minimum absolute atomic E-state index is 0.0239. The summed E-state index contributed by atoms with van der Waals surface area (Å²) in [5, 5.41) is 14.4. The first-order valence-electron chi connectivity index (χ1n) is 14.4. The van der Waals surface area contributed by atoms with E-state index < -0.39 is 6.10 Å². The van der Waals surface area contributed by atoms with Crippen molar-refractivity contribution in [2.24, 2.45) is 0 Å². The van der Waals surface area contributed by atoms with Crippen LogP contribution >= 0.6 is 0 Å². The fourth-order valence-corrected chi connectivity index (χ4v) is 6.26. The summed E-state index contributed by atoms with van der Waals surface area (Å²) in [7, 11) is 0. The topological polar surface area (TPSA) is 102 Å². The Labute approximate surface area is 239 Å². The maximum absolute atomic E-state index is 13.3. The van der Waals surface area contributed by atoms with Crippen molar-refractivity contribution in [1.29, 1.82) is 0 Å². The lowest BCUT2D eigenvalue weighted by atomic mass is 9.94. The number of piperidine rings is 2. The molecule has 9 nitrogen and oxygen atoms in total. The molecular weight excluding hydrogens is 523 g/mol. The van der Waals surface area contributed by atoms with Gasteiger partial charge in [-0.15, -0.1) is 0 Å². The van der Waals surface area contributed by atoms with Gasteiger partial charge in [-0.25, -0.2) is 14.4 Å². The van der Waals surface area contributed by atoms with Gasteiger partial charge in [-0.05, 0) is 61.1 Å². The van der Waals surface area contributed by atoms with Gasteiger partial charge in [0, 0.05) is 63.0 Å². The molecule has 0 saturated carbocycles. The molecular formula is C31H35FN6O3. The highest BCUT2D eigenvalue weighted by Crippen LogP contribution is 2.26. The zero-order valence-electron chi connectivity index (χ0n) is 23.0. The molecule has 2 saturated heterocycles. The van der Waals surface area contributed by atoms with Crippen molar-refractivity contribution in [2.45, 2.75) is 50.4 Å². The molecule has 3 aromatic rings. The van der Waals surface area contributed by atoms with Gasteiger partial charge in [-0.2, -0.15) is 0 Å². The van der Waals surface area contributed by atoms with Gasteiger partial charge >= 0.3 is 0 Å². The van der Waals surface area contributed by atoms with Crippen LogP contribution in [0.15, 0.2) is 60.9 Å². The molecule has 0 aliphatic carbocycles. The highest BCUT2D eigenvalue weighted by molar-refractivity contribution is 5.94. The van der Waals surface area contributed by atoms with Gasteiger partial charge in [0.25, 0.3) is 11.8 Å². The van der Waals surface area contributed by atoms with Crippen molar-refractivity contribution in [3.8, 4) is 0 Å². The zero-order valence-corrected chi connectivity index (χ0v) is 23.0. The lowest BCUT2D eigenvalue weighted by molar-refractivity contribution is -0.0139. The second-order valence-electron chi connectivity index (χ2n) is 11.2. The number of carbonyl (C=O) groups is 2. The molecule has 2 fully saturated rings. The number of aromatic nitrogens is 2. The van der Waals surface area contributed by atoms with E-state index in [2.05, 4.69) is 44.5 Å². The van der Waals surface area contributed by atoms with E-state index in [1.54, 1.807) is 15.9 Å². The largest absolute Gasteiger partial charge is 0.390 e. The standard InChI is InChI=1S/C31H35FN6O3/c32-24-7-5-22(6-8-24)30(40)36-14-10-25(11-15-36)35-29-17-26(33-20-34-29)31(41)38-16-12-27(28(39)19-38)37-13-9-21-3-1-2-4-23(21)18-37/h1-8,17,20,25,27-28,39H,9-16,18-19H2,(H,33,34,35)/t27-,28-/m1/s1. The van der Waals surface area contributed by atoms with Crippen LogP contribution < -0.4 is 5.32 Å². The molecule has 2 amide bonds. The number of likely N-dealkylation sites (tertiary alicyclic amines) is 2. The number of rotatable bonds is 5. The van der Waals surface area contributed by atoms with Crippen molar-refractivity contribution in [1.82, 2.24) is 24.7 Å². The molecule has 10 heteroatoms. The number of aliphatic hydroxyl groups is 1. The number of nitrogens with zero attached hydrogens (tertiary/aromatic N) is 5. The lowest BCUT2D eigenvalue weighted by Gasteiger charge is -2.43. The van der Waals surface area contributed by atoms with Gasteiger partial charge in [-0.1, -0.05) is 24.3 Å². The molecule has 3 aliphatic rings. The number of hydrogen-bond donors (Lipinski definition) is 2. The number of carbonyl (C=O) groups excluding carboxylic acids is 2. The number of anilines is 1. The van der Waals surface area contributed by atoms with Crippen molar-refractivity contribution in [3.63, 3.8) is 0 Å². The third-order valence-electron chi connectivity index (χ3n) is 8.57. The van der Waals surface area contributed by atoms with Crippen LogP contribution in [0.2, 0.25) is 0 Å². The van der Waals surface area contributed by atoms with Crippen molar-refractivity contribution >= 4 is 17.6 Å². The number of benzene rings is 2. The van der Waals surface area contributed by atoms with E-state index in [0.717, 1.165) is 32.4 Å². The number of β-amino-alcohol motifs (C(OH)–C–C–N with tert-alkyl or cyclic N) is 1. The van der Waals surface area contributed by atoms with Gasteiger partial charge in [0.15, 0.2) is 0 Å². The molecule has 0 unspecified atom stereocenters. The van der Waals surface area contributed by atoms with Gasteiger partial charge in [-0.3, -0.25) is 14.5 Å². The Morgan fingerprint density at radius 1 is 0.878 bits per heavy atom. The van der Waals surface area contributed by atoms with Crippen LogP contribution in [0.4, 0.5) is 10.2 Å². The first kappa shape index (κ1) is 27.3. The molecule has 0 radical (unpaired) electrons.